The van der Waals surface area contributed by atoms with Crippen LogP contribution in [0.25, 0.3) is 0 Å². The molecule has 1 amide bonds. The standard InChI is InChI=1S/C20H21F3N2O/c1-14-10-11-25(13-14)18-8-6-17(7-9-18)24-19(26)12-15-2-4-16(5-3-15)20(21,22)23/h2-9,14H,10-13H2,1H3,(H,24,26). The lowest BCUT2D eigenvalue weighted by Crippen LogP contribution is -2.19. The van der Waals surface area contributed by atoms with Gasteiger partial charge < -0.3 is 10.2 Å². The second-order valence-corrected chi connectivity index (χ2v) is 6.81. The highest BCUT2D eigenvalue weighted by Gasteiger charge is 2.30. The molecule has 1 fully saturated rings. The largest absolute Gasteiger partial charge is 0.416 e. The molecule has 1 N–H and O–H groups in total. The summed E-state index contributed by atoms with van der Waals surface area (Å²) in [6.07, 6.45) is -3.15. The quantitative estimate of drug-likeness (QED) is 0.853. The summed E-state index contributed by atoms with van der Waals surface area (Å²) in [5.74, 6) is 0.436. The van der Waals surface area contributed by atoms with Gasteiger partial charge in [0.25, 0.3) is 0 Å². The Balaban J connectivity index is 1.56. The van der Waals surface area contributed by atoms with Gasteiger partial charge in [0.2, 0.25) is 5.91 Å². The van der Waals surface area contributed by atoms with Crippen molar-refractivity contribution in [3.05, 3.63) is 59.7 Å². The molecule has 0 spiro atoms. The van der Waals surface area contributed by atoms with E-state index in [1.165, 1.54) is 18.6 Å². The topological polar surface area (TPSA) is 32.3 Å². The Labute approximate surface area is 150 Å². The van der Waals surface area contributed by atoms with Gasteiger partial charge in [0.05, 0.1) is 12.0 Å². The van der Waals surface area contributed by atoms with Crippen molar-refractivity contribution in [1.29, 1.82) is 0 Å². The van der Waals surface area contributed by atoms with Gasteiger partial charge in [-0.25, -0.2) is 0 Å². The Hall–Kier alpha value is -2.50. The number of carbonyl (C=O) groups is 1. The number of amides is 1. The number of nitrogens with one attached hydrogen (secondary N) is 1. The van der Waals surface area contributed by atoms with Crippen LogP contribution in [0.1, 0.15) is 24.5 Å². The van der Waals surface area contributed by atoms with Gasteiger partial charge in [-0.05, 0) is 54.3 Å². The van der Waals surface area contributed by atoms with Crippen molar-refractivity contribution in [1.82, 2.24) is 0 Å². The molecule has 2 aromatic rings. The van der Waals surface area contributed by atoms with Gasteiger partial charge in [0.15, 0.2) is 0 Å². The lowest BCUT2D eigenvalue weighted by molar-refractivity contribution is -0.137. The second kappa shape index (κ2) is 7.40. The monoisotopic (exact) mass is 362 g/mol. The van der Waals surface area contributed by atoms with E-state index in [1.807, 2.05) is 24.3 Å². The predicted molar refractivity (Wildman–Crippen MR) is 96.2 cm³/mol. The van der Waals surface area contributed by atoms with E-state index in [0.717, 1.165) is 30.9 Å². The van der Waals surface area contributed by atoms with Crippen molar-refractivity contribution in [2.45, 2.75) is 25.9 Å². The van der Waals surface area contributed by atoms with E-state index in [0.29, 0.717) is 17.2 Å². The Morgan fingerprint density at radius 2 is 1.77 bits per heavy atom. The summed E-state index contributed by atoms with van der Waals surface area (Å²) in [7, 11) is 0. The number of benzene rings is 2. The van der Waals surface area contributed by atoms with Gasteiger partial charge in [-0.2, -0.15) is 13.2 Å². The van der Waals surface area contributed by atoms with Gasteiger partial charge >= 0.3 is 6.18 Å². The summed E-state index contributed by atoms with van der Waals surface area (Å²) in [6.45, 7) is 4.32. The fraction of sp³-hybridized carbons (Fsp3) is 0.350. The summed E-state index contributed by atoms with van der Waals surface area (Å²) >= 11 is 0. The van der Waals surface area contributed by atoms with Crippen LogP contribution < -0.4 is 10.2 Å². The molecule has 1 unspecified atom stereocenters. The van der Waals surface area contributed by atoms with E-state index in [1.54, 1.807) is 0 Å². The average molecular weight is 362 g/mol. The van der Waals surface area contributed by atoms with Crippen molar-refractivity contribution in [2.24, 2.45) is 5.92 Å². The van der Waals surface area contributed by atoms with Crippen LogP contribution in [0.5, 0.6) is 0 Å². The molecule has 1 heterocycles. The highest BCUT2D eigenvalue weighted by molar-refractivity contribution is 5.92. The molecule has 2 aromatic carbocycles. The number of anilines is 2. The fourth-order valence-electron chi connectivity index (χ4n) is 3.13. The molecular weight excluding hydrogens is 341 g/mol. The average Bonchev–Trinajstić information content (AvgIpc) is 3.01. The van der Waals surface area contributed by atoms with Gasteiger partial charge in [0, 0.05) is 24.5 Å². The van der Waals surface area contributed by atoms with Gasteiger partial charge in [-0.1, -0.05) is 19.1 Å². The minimum Gasteiger partial charge on any atom is -0.371 e. The van der Waals surface area contributed by atoms with Crippen molar-refractivity contribution in [2.75, 3.05) is 23.3 Å². The Morgan fingerprint density at radius 3 is 2.31 bits per heavy atom. The van der Waals surface area contributed by atoms with Crippen molar-refractivity contribution >= 4 is 17.3 Å². The van der Waals surface area contributed by atoms with E-state index in [2.05, 4.69) is 17.1 Å². The number of nitrogens with zero attached hydrogens (tertiary/aromatic N) is 1. The maximum atomic E-state index is 12.6. The van der Waals surface area contributed by atoms with Crippen molar-refractivity contribution < 1.29 is 18.0 Å². The molecule has 0 bridgehead atoms. The SMILES string of the molecule is CC1CCN(c2ccc(NC(=O)Cc3ccc(C(F)(F)F)cc3)cc2)C1. The van der Waals surface area contributed by atoms with Crippen LogP contribution in [-0.2, 0) is 17.4 Å². The van der Waals surface area contributed by atoms with E-state index in [4.69, 9.17) is 0 Å². The maximum absolute atomic E-state index is 12.6. The third-order valence-electron chi connectivity index (χ3n) is 4.59. The minimum atomic E-state index is -4.37. The Kier molecular flexibility index (Phi) is 5.20. The Morgan fingerprint density at radius 1 is 1.12 bits per heavy atom. The molecule has 0 saturated carbocycles. The molecule has 138 valence electrons. The third kappa shape index (κ3) is 4.56. The fourth-order valence-corrected chi connectivity index (χ4v) is 3.13. The van der Waals surface area contributed by atoms with Crippen LogP contribution in [0.4, 0.5) is 24.5 Å². The van der Waals surface area contributed by atoms with Gasteiger partial charge in [0.1, 0.15) is 0 Å². The first-order valence-electron chi connectivity index (χ1n) is 8.62. The van der Waals surface area contributed by atoms with E-state index in [9.17, 15) is 18.0 Å². The second-order valence-electron chi connectivity index (χ2n) is 6.81. The van der Waals surface area contributed by atoms with E-state index in [-0.39, 0.29) is 12.3 Å². The first-order chi connectivity index (χ1) is 12.3. The molecule has 26 heavy (non-hydrogen) atoms. The Bertz CT molecular complexity index is 754. The molecule has 1 aliphatic rings. The van der Waals surface area contributed by atoms with Crippen LogP contribution in [0, 0.1) is 5.92 Å². The molecule has 0 radical (unpaired) electrons. The highest BCUT2D eigenvalue weighted by atomic mass is 19.4. The number of halogens is 3. The zero-order valence-electron chi connectivity index (χ0n) is 14.5. The van der Waals surface area contributed by atoms with Crippen molar-refractivity contribution in [3.8, 4) is 0 Å². The highest BCUT2D eigenvalue weighted by Crippen LogP contribution is 2.29. The van der Waals surface area contributed by atoms with Gasteiger partial charge in [-0.3, -0.25) is 4.79 Å². The molecule has 3 rings (SSSR count). The van der Waals surface area contributed by atoms with Crippen LogP contribution in [0.2, 0.25) is 0 Å². The molecule has 1 aliphatic heterocycles. The predicted octanol–water partition coefficient (Wildman–Crippen LogP) is 4.73. The number of rotatable bonds is 4. The summed E-state index contributed by atoms with van der Waals surface area (Å²) in [6, 6.07) is 12.3. The number of hydrogen-bond donors (Lipinski definition) is 1. The summed E-state index contributed by atoms with van der Waals surface area (Å²) in [5, 5.41) is 2.78. The first kappa shape index (κ1) is 18.3. The molecule has 3 nitrogen and oxygen atoms in total. The summed E-state index contributed by atoms with van der Waals surface area (Å²) in [5.41, 5.74) is 1.64. The number of hydrogen-bond acceptors (Lipinski definition) is 2. The molecule has 6 heteroatoms. The van der Waals surface area contributed by atoms with Crippen LogP contribution >= 0.6 is 0 Å². The van der Waals surface area contributed by atoms with E-state index < -0.39 is 11.7 Å². The normalized spacial score (nSPS) is 17.4. The minimum absolute atomic E-state index is 0.0313. The zero-order chi connectivity index (χ0) is 18.7. The summed E-state index contributed by atoms with van der Waals surface area (Å²) < 4.78 is 37.7. The van der Waals surface area contributed by atoms with E-state index >= 15 is 0 Å². The smallest absolute Gasteiger partial charge is 0.371 e. The maximum Gasteiger partial charge on any atom is 0.416 e. The lowest BCUT2D eigenvalue weighted by Gasteiger charge is -2.18. The van der Waals surface area contributed by atoms with Crippen LogP contribution in [0.3, 0.4) is 0 Å². The summed E-state index contributed by atoms with van der Waals surface area (Å²) in [4.78, 5) is 14.4. The molecular formula is C20H21F3N2O. The van der Waals surface area contributed by atoms with Crippen LogP contribution in [0.15, 0.2) is 48.5 Å². The molecule has 0 aliphatic carbocycles. The first-order valence-corrected chi connectivity index (χ1v) is 8.62. The zero-order valence-corrected chi connectivity index (χ0v) is 14.5. The lowest BCUT2D eigenvalue weighted by atomic mass is 10.1. The molecule has 1 saturated heterocycles. The van der Waals surface area contributed by atoms with Crippen molar-refractivity contribution in [3.63, 3.8) is 0 Å². The number of carbonyl (C=O) groups excluding carboxylic acids is 1. The van der Waals surface area contributed by atoms with Gasteiger partial charge in [-0.15, -0.1) is 0 Å². The third-order valence-corrected chi connectivity index (χ3v) is 4.59. The van der Waals surface area contributed by atoms with Crippen LogP contribution in [-0.4, -0.2) is 19.0 Å². The molecule has 0 aromatic heterocycles. The molecule has 1 atom stereocenters. The number of alkyl halides is 3.